The topological polar surface area (TPSA) is 43.8 Å². The molecule has 1 aromatic carbocycles. The third-order valence-corrected chi connectivity index (χ3v) is 5.18. The first-order valence-corrected chi connectivity index (χ1v) is 8.71. The minimum absolute atomic E-state index is 0.118. The van der Waals surface area contributed by atoms with E-state index in [1.165, 1.54) is 5.56 Å². The molecule has 1 aromatic rings. The van der Waals surface area contributed by atoms with Gasteiger partial charge in [0.1, 0.15) is 0 Å². The van der Waals surface area contributed by atoms with E-state index < -0.39 is 5.97 Å². The summed E-state index contributed by atoms with van der Waals surface area (Å²) in [6.07, 6.45) is 3.16. The zero-order chi connectivity index (χ0) is 16.1. The predicted molar refractivity (Wildman–Crippen MR) is 92.3 cm³/mol. The summed E-state index contributed by atoms with van der Waals surface area (Å²) >= 11 is 9.56. The summed E-state index contributed by atoms with van der Waals surface area (Å²) in [5, 5.41) is 9.65. The molecule has 22 heavy (non-hydrogen) atoms. The third kappa shape index (κ3) is 5.23. The molecule has 4 nitrogen and oxygen atoms in total. The Labute approximate surface area is 145 Å². The molecular formula is C16H22BrClN2O2. The summed E-state index contributed by atoms with van der Waals surface area (Å²) in [6, 6.07) is 6.27. The molecule has 6 heteroatoms. The minimum atomic E-state index is -0.756. The zero-order valence-corrected chi connectivity index (χ0v) is 15.1. The molecule has 1 atom stereocenters. The first kappa shape index (κ1) is 17.7. The number of carboxylic acids is 1. The van der Waals surface area contributed by atoms with Gasteiger partial charge >= 0.3 is 5.97 Å². The molecule has 1 heterocycles. The van der Waals surface area contributed by atoms with Crippen molar-refractivity contribution in [1.82, 2.24) is 9.80 Å². The number of hydrogen-bond donors (Lipinski definition) is 1. The number of halogens is 2. The number of likely N-dealkylation sites (tertiary alicyclic amines) is 1. The van der Waals surface area contributed by atoms with E-state index in [0.717, 1.165) is 48.4 Å². The van der Waals surface area contributed by atoms with Gasteiger partial charge in [0, 0.05) is 22.1 Å². The van der Waals surface area contributed by atoms with Gasteiger partial charge in [-0.15, -0.1) is 0 Å². The second-order valence-corrected chi connectivity index (χ2v) is 7.20. The van der Waals surface area contributed by atoms with Crippen LogP contribution in [0.4, 0.5) is 0 Å². The van der Waals surface area contributed by atoms with Crippen LogP contribution in [-0.2, 0) is 11.3 Å². The SMILES string of the molecule is CN(CC(=O)O)C1CCCN(Cc2ccc(Cl)cc2Br)CC1. The van der Waals surface area contributed by atoms with Crippen molar-refractivity contribution in [2.75, 3.05) is 26.7 Å². The second kappa shape index (κ2) is 8.29. The zero-order valence-electron chi connectivity index (χ0n) is 12.8. The van der Waals surface area contributed by atoms with Gasteiger partial charge in [0.05, 0.1) is 6.54 Å². The standard InChI is InChI=1S/C16H22BrClN2O2/c1-19(11-16(21)22)14-3-2-7-20(8-6-14)10-12-4-5-13(18)9-15(12)17/h4-5,9,14H,2-3,6-8,10-11H2,1H3,(H,21,22). The number of carboxylic acid groups (broad SMARTS) is 1. The lowest BCUT2D eigenvalue weighted by Crippen LogP contribution is -2.36. The van der Waals surface area contributed by atoms with Gasteiger partial charge in [0.25, 0.3) is 0 Å². The molecule has 1 N–H and O–H groups in total. The average Bonchev–Trinajstić information content (AvgIpc) is 2.67. The molecular weight excluding hydrogens is 368 g/mol. The highest BCUT2D eigenvalue weighted by Gasteiger charge is 2.22. The normalized spacial score (nSPS) is 20.1. The number of nitrogens with zero attached hydrogens (tertiary/aromatic N) is 2. The Morgan fingerprint density at radius 1 is 1.45 bits per heavy atom. The molecule has 0 saturated carbocycles. The van der Waals surface area contributed by atoms with E-state index in [4.69, 9.17) is 16.7 Å². The van der Waals surface area contributed by atoms with E-state index >= 15 is 0 Å². The molecule has 2 rings (SSSR count). The quantitative estimate of drug-likeness (QED) is 0.837. The fourth-order valence-electron chi connectivity index (χ4n) is 2.97. The fraction of sp³-hybridized carbons (Fsp3) is 0.562. The number of rotatable bonds is 5. The van der Waals surface area contributed by atoms with Gasteiger partial charge in [-0.2, -0.15) is 0 Å². The van der Waals surface area contributed by atoms with Gasteiger partial charge in [-0.3, -0.25) is 14.6 Å². The molecule has 0 spiro atoms. The number of carbonyl (C=O) groups is 1. The van der Waals surface area contributed by atoms with Gasteiger partial charge in [-0.1, -0.05) is 33.6 Å². The van der Waals surface area contributed by atoms with E-state index in [-0.39, 0.29) is 6.54 Å². The minimum Gasteiger partial charge on any atom is -0.480 e. The van der Waals surface area contributed by atoms with Crippen molar-refractivity contribution in [2.24, 2.45) is 0 Å². The van der Waals surface area contributed by atoms with Crippen molar-refractivity contribution in [3.05, 3.63) is 33.3 Å². The van der Waals surface area contributed by atoms with Gasteiger partial charge in [-0.05, 0) is 57.1 Å². The van der Waals surface area contributed by atoms with Crippen LogP contribution in [0.25, 0.3) is 0 Å². The van der Waals surface area contributed by atoms with Crippen molar-refractivity contribution in [1.29, 1.82) is 0 Å². The van der Waals surface area contributed by atoms with E-state index in [0.29, 0.717) is 6.04 Å². The van der Waals surface area contributed by atoms with Crippen molar-refractivity contribution < 1.29 is 9.90 Å². The van der Waals surface area contributed by atoms with Gasteiger partial charge < -0.3 is 5.11 Å². The van der Waals surface area contributed by atoms with Crippen molar-refractivity contribution in [2.45, 2.75) is 31.8 Å². The highest BCUT2D eigenvalue weighted by atomic mass is 79.9. The first-order valence-electron chi connectivity index (χ1n) is 7.54. The van der Waals surface area contributed by atoms with Crippen LogP contribution in [0.2, 0.25) is 5.02 Å². The Morgan fingerprint density at radius 2 is 2.23 bits per heavy atom. The number of hydrogen-bond acceptors (Lipinski definition) is 3. The maximum Gasteiger partial charge on any atom is 0.317 e. The van der Waals surface area contributed by atoms with Crippen molar-refractivity contribution in [3.8, 4) is 0 Å². The smallest absolute Gasteiger partial charge is 0.317 e. The maximum absolute atomic E-state index is 10.8. The Bertz CT molecular complexity index is 527. The Hall–Kier alpha value is -0.620. The van der Waals surface area contributed by atoms with Gasteiger partial charge in [-0.25, -0.2) is 0 Å². The van der Waals surface area contributed by atoms with Gasteiger partial charge in [0.15, 0.2) is 0 Å². The van der Waals surface area contributed by atoms with Crippen LogP contribution in [0.1, 0.15) is 24.8 Å². The van der Waals surface area contributed by atoms with Crippen molar-refractivity contribution >= 4 is 33.5 Å². The lowest BCUT2D eigenvalue weighted by molar-refractivity contribution is -0.138. The molecule has 1 saturated heterocycles. The Balaban J connectivity index is 1.91. The molecule has 0 radical (unpaired) electrons. The molecule has 1 aliphatic heterocycles. The summed E-state index contributed by atoms with van der Waals surface area (Å²) < 4.78 is 1.05. The lowest BCUT2D eigenvalue weighted by atomic mass is 10.1. The number of likely N-dealkylation sites (N-methyl/N-ethyl adjacent to an activating group) is 1. The summed E-state index contributed by atoms with van der Waals surface area (Å²) in [5.74, 6) is -0.756. The van der Waals surface area contributed by atoms with Crippen LogP contribution in [0.15, 0.2) is 22.7 Å². The molecule has 0 aliphatic carbocycles. The highest BCUT2D eigenvalue weighted by Crippen LogP contribution is 2.24. The lowest BCUT2D eigenvalue weighted by Gasteiger charge is -2.25. The molecule has 0 aromatic heterocycles. The number of aliphatic carboxylic acids is 1. The Morgan fingerprint density at radius 3 is 2.91 bits per heavy atom. The van der Waals surface area contributed by atoms with Crippen LogP contribution in [0.5, 0.6) is 0 Å². The van der Waals surface area contributed by atoms with Crippen LogP contribution < -0.4 is 0 Å². The summed E-state index contributed by atoms with van der Waals surface area (Å²) in [6.45, 7) is 3.05. The highest BCUT2D eigenvalue weighted by molar-refractivity contribution is 9.10. The largest absolute Gasteiger partial charge is 0.480 e. The van der Waals surface area contributed by atoms with E-state index in [9.17, 15) is 4.79 Å². The van der Waals surface area contributed by atoms with Crippen molar-refractivity contribution in [3.63, 3.8) is 0 Å². The van der Waals surface area contributed by atoms with Crippen LogP contribution >= 0.6 is 27.5 Å². The Kier molecular flexibility index (Phi) is 6.68. The maximum atomic E-state index is 10.8. The summed E-state index contributed by atoms with van der Waals surface area (Å²) in [4.78, 5) is 15.2. The van der Waals surface area contributed by atoms with Gasteiger partial charge in [0.2, 0.25) is 0 Å². The average molecular weight is 390 g/mol. The predicted octanol–water partition coefficient (Wildman–Crippen LogP) is 3.47. The molecule has 1 unspecified atom stereocenters. The van der Waals surface area contributed by atoms with Crippen LogP contribution in [0, 0.1) is 0 Å². The second-order valence-electron chi connectivity index (χ2n) is 5.91. The van der Waals surface area contributed by atoms with Crippen LogP contribution in [-0.4, -0.2) is 53.6 Å². The fourth-order valence-corrected chi connectivity index (χ4v) is 3.78. The van der Waals surface area contributed by atoms with Crippen LogP contribution in [0.3, 0.4) is 0 Å². The van der Waals surface area contributed by atoms with E-state index in [1.54, 1.807) is 0 Å². The van der Waals surface area contributed by atoms with E-state index in [1.807, 2.05) is 24.1 Å². The summed E-state index contributed by atoms with van der Waals surface area (Å²) in [5.41, 5.74) is 1.24. The number of benzene rings is 1. The third-order valence-electron chi connectivity index (χ3n) is 4.21. The van der Waals surface area contributed by atoms with E-state index in [2.05, 4.69) is 26.9 Å². The summed E-state index contributed by atoms with van der Waals surface area (Å²) in [7, 11) is 1.91. The molecule has 0 amide bonds. The molecule has 1 aliphatic rings. The monoisotopic (exact) mass is 388 g/mol. The molecule has 0 bridgehead atoms. The first-order chi connectivity index (χ1) is 10.5. The molecule has 1 fully saturated rings. The molecule has 122 valence electrons.